The quantitative estimate of drug-likeness (QED) is 0.0766. The first-order valence-corrected chi connectivity index (χ1v) is 27.9. The minimum absolute atomic E-state index is 0.0261. The fourth-order valence-electron chi connectivity index (χ4n) is 11.6. The van der Waals surface area contributed by atoms with Crippen LogP contribution in [0.2, 0.25) is 0 Å². The number of carbonyl (C=O) groups excluding carboxylic acids is 4. The standard InChI is InChI=1S/C31H43N3O3.C30H35F6N3O3/c1-30(2,3)25-9-11-26(12-10-25)32-28(35)13-14-29(36)33-27-15-17-31(18-16-27,34-19-21-37-22-20-34)23-24-7-5-4-6-8-24;31-29(32,33)23-16-22(17-24(18-23)30(34,35)36)20-37-26(40)6-7-27(41)38-25-8-10-28(11-9-25,39-12-14-42-15-13-39)19-21-4-2-1-3-5-21/h4-12,27H,13-23H2,1-3H3,(H,32,35)(H,33,36);1-5,16-18,25H,6-15,19-20H2,(H,37,40)(H,38,41). The summed E-state index contributed by atoms with van der Waals surface area (Å²) < 4.78 is 89.6. The molecule has 0 spiro atoms. The van der Waals surface area contributed by atoms with E-state index in [1.54, 1.807) is 0 Å². The second-order valence-corrected chi connectivity index (χ2v) is 22.7. The highest BCUT2D eigenvalue weighted by atomic mass is 19.4. The molecule has 0 unspecified atom stereocenters. The van der Waals surface area contributed by atoms with E-state index in [2.05, 4.69) is 94.3 Å². The van der Waals surface area contributed by atoms with Gasteiger partial charge < -0.3 is 30.7 Å². The summed E-state index contributed by atoms with van der Waals surface area (Å²) >= 11 is 0. The van der Waals surface area contributed by atoms with E-state index in [0.717, 1.165) is 109 Å². The van der Waals surface area contributed by atoms with Gasteiger partial charge in [0.2, 0.25) is 23.6 Å². The van der Waals surface area contributed by atoms with Crippen LogP contribution in [0.4, 0.5) is 32.0 Å². The van der Waals surface area contributed by atoms with Crippen LogP contribution >= 0.6 is 0 Å². The number of carbonyl (C=O) groups is 4. The summed E-state index contributed by atoms with van der Waals surface area (Å²) in [7, 11) is 0. The highest BCUT2D eigenvalue weighted by Gasteiger charge is 2.43. The summed E-state index contributed by atoms with van der Waals surface area (Å²) in [5.74, 6) is -1.13. The van der Waals surface area contributed by atoms with E-state index in [9.17, 15) is 45.5 Å². The van der Waals surface area contributed by atoms with Gasteiger partial charge in [0.25, 0.3) is 0 Å². The number of morpholine rings is 2. The van der Waals surface area contributed by atoms with Crippen LogP contribution in [0.15, 0.2) is 103 Å². The van der Waals surface area contributed by atoms with Crippen LogP contribution < -0.4 is 21.3 Å². The second kappa shape index (κ2) is 27.6. The Morgan fingerprint density at radius 3 is 1.29 bits per heavy atom. The molecule has 18 heteroatoms. The molecule has 2 aliphatic carbocycles. The minimum atomic E-state index is -4.97. The SMILES string of the molecule is CC(C)(C)c1ccc(NC(=O)CCC(=O)NC2CCC(Cc3ccccc3)(N3CCOCC3)CC2)cc1.O=C(CCC(=O)NC1CCC(Cc2ccccc2)(N2CCOCC2)CC1)NCc1cc(C(F)(F)F)cc(C(F)(F)F)c1. The third-order valence-corrected chi connectivity index (χ3v) is 16.0. The molecule has 4 aromatic carbocycles. The van der Waals surface area contributed by atoms with E-state index in [-0.39, 0.29) is 83.6 Å². The number of alkyl halides is 6. The molecule has 2 heterocycles. The van der Waals surface area contributed by atoms with Crippen molar-refractivity contribution >= 4 is 29.3 Å². The topological polar surface area (TPSA) is 141 Å². The molecule has 8 rings (SSSR count). The van der Waals surface area contributed by atoms with Gasteiger partial charge in [-0.1, -0.05) is 93.6 Å². The van der Waals surface area contributed by atoms with Crippen molar-refractivity contribution < 1.29 is 55.0 Å². The number of nitrogens with one attached hydrogen (secondary N) is 4. The van der Waals surface area contributed by atoms with Crippen molar-refractivity contribution in [1.82, 2.24) is 25.8 Å². The fraction of sp³-hybridized carbons (Fsp3) is 0.541. The number of benzene rings is 4. The van der Waals surface area contributed by atoms with Crippen LogP contribution in [0, 0.1) is 0 Å². The van der Waals surface area contributed by atoms with Gasteiger partial charge in [-0.2, -0.15) is 26.3 Å². The molecule has 0 aromatic heterocycles. The Kier molecular flexibility index (Phi) is 21.2. The van der Waals surface area contributed by atoms with Crippen molar-refractivity contribution in [3.8, 4) is 0 Å². The monoisotopic (exact) mass is 1100 g/mol. The maximum absolute atomic E-state index is 13.1. The molecule has 430 valence electrons. The molecular weight excluding hydrogens is 1030 g/mol. The van der Waals surface area contributed by atoms with Gasteiger partial charge in [0.1, 0.15) is 0 Å². The third-order valence-electron chi connectivity index (χ3n) is 16.0. The van der Waals surface area contributed by atoms with E-state index in [0.29, 0.717) is 25.3 Å². The maximum atomic E-state index is 13.1. The Morgan fingerprint density at radius 2 is 0.899 bits per heavy atom. The number of hydrogen-bond acceptors (Lipinski definition) is 8. The lowest BCUT2D eigenvalue weighted by Crippen LogP contribution is -2.58. The van der Waals surface area contributed by atoms with Crippen LogP contribution in [0.5, 0.6) is 0 Å². The van der Waals surface area contributed by atoms with E-state index in [1.807, 2.05) is 42.5 Å². The smallest absolute Gasteiger partial charge is 0.379 e. The number of amides is 4. The van der Waals surface area contributed by atoms with Gasteiger partial charge >= 0.3 is 12.4 Å². The van der Waals surface area contributed by atoms with Crippen molar-refractivity contribution in [3.63, 3.8) is 0 Å². The fourth-order valence-corrected chi connectivity index (χ4v) is 11.6. The molecule has 4 aromatic rings. The zero-order valence-corrected chi connectivity index (χ0v) is 45.8. The number of anilines is 1. The lowest BCUT2D eigenvalue weighted by Gasteiger charge is -2.50. The Balaban J connectivity index is 0.000000230. The molecule has 0 atom stereocenters. The molecule has 0 radical (unpaired) electrons. The van der Waals surface area contributed by atoms with Crippen LogP contribution in [0.1, 0.15) is 131 Å². The van der Waals surface area contributed by atoms with E-state index >= 15 is 0 Å². The van der Waals surface area contributed by atoms with Gasteiger partial charge in [0.05, 0.1) is 37.6 Å². The lowest BCUT2D eigenvalue weighted by atomic mass is 9.74. The maximum Gasteiger partial charge on any atom is 0.416 e. The average molecular weight is 1110 g/mol. The first-order valence-electron chi connectivity index (χ1n) is 27.9. The van der Waals surface area contributed by atoms with Crippen LogP contribution in [0.3, 0.4) is 0 Å². The molecule has 2 aliphatic heterocycles. The first kappa shape index (κ1) is 60.8. The molecule has 2 saturated carbocycles. The predicted molar refractivity (Wildman–Crippen MR) is 292 cm³/mol. The number of hydrogen-bond donors (Lipinski definition) is 4. The van der Waals surface area contributed by atoms with E-state index < -0.39 is 35.9 Å². The Hall–Kier alpha value is -5.82. The zero-order chi connectivity index (χ0) is 56.7. The van der Waals surface area contributed by atoms with Gasteiger partial charge in [0, 0.05) is 87.3 Å². The average Bonchev–Trinajstić information content (AvgIpc) is 3.50. The second-order valence-electron chi connectivity index (χ2n) is 22.7. The van der Waals surface area contributed by atoms with Crippen molar-refractivity contribution in [1.29, 1.82) is 0 Å². The van der Waals surface area contributed by atoms with Crippen molar-refractivity contribution in [2.24, 2.45) is 0 Å². The van der Waals surface area contributed by atoms with Crippen molar-refractivity contribution in [2.45, 2.75) is 158 Å². The van der Waals surface area contributed by atoms with Crippen LogP contribution in [0.25, 0.3) is 0 Å². The summed E-state index contributed by atoms with van der Waals surface area (Å²) in [6.07, 6.45) is -0.621. The van der Waals surface area contributed by atoms with E-state index in [1.165, 1.54) is 16.7 Å². The molecule has 12 nitrogen and oxygen atoms in total. The molecular formula is C61H78F6N6O6. The van der Waals surface area contributed by atoms with Crippen LogP contribution in [-0.4, -0.2) is 109 Å². The van der Waals surface area contributed by atoms with Crippen molar-refractivity contribution in [2.75, 3.05) is 57.9 Å². The number of rotatable bonds is 17. The van der Waals surface area contributed by atoms with E-state index in [4.69, 9.17) is 9.47 Å². The molecule has 4 amide bonds. The van der Waals surface area contributed by atoms with Gasteiger partial charge in [-0.3, -0.25) is 29.0 Å². The molecule has 4 aliphatic rings. The summed E-state index contributed by atoms with van der Waals surface area (Å²) in [5, 5.41) is 11.4. The summed E-state index contributed by atoms with van der Waals surface area (Å²) in [4.78, 5) is 55.1. The van der Waals surface area contributed by atoms with Crippen LogP contribution in [-0.2, 0) is 65.8 Å². The summed E-state index contributed by atoms with van der Waals surface area (Å²) in [6.45, 7) is 12.6. The van der Waals surface area contributed by atoms with Gasteiger partial charge in [-0.25, -0.2) is 0 Å². The molecule has 4 N–H and O–H groups in total. The summed E-state index contributed by atoms with van der Waals surface area (Å²) in [5.41, 5.74) is 1.55. The lowest BCUT2D eigenvalue weighted by molar-refractivity contribution is -0.143. The molecule has 4 fully saturated rings. The molecule has 0 bridgehead atoms. The predicted octanol–water partition coefficient (Wildman–Crippen LogP) is 10.6. The number of nitrogens with zero attached hydrogens (tertiary/aromatic N) is 2. The number of ether oxygens (including phenoxy) is 2. The minimum Gasteiger partial charge on any atom is -0.379 e. The third kappa shape index (κ3) is 18.4. The summed E-state index contributed by atoms with van der Waals surface area (Å²) in [6, 6.07) is 30.3. The van der Waals surface area contributed by atoms with Gasteiger partial charge in [-0.15, -0.1) is 0 Å². The molecule has 2 saturated heterocycles. The molecule has 79 heavy (non-hydrogen) atoms. The normalized spacial score (nSPS) is 22.4. The largest absolute Gasteiger partial charge is 0.416 e. The first-order chi connectivity index (χ1) is 37.6. The Bertz CT molecular complexity index is 2550. The Labute approximate surface area is 461 Å². The van der Waals surface area contributed by atoms with Gasteiger partial charge in [-0.05, 0) is 122 Å². The highest BCUT2D eigenvalue weighted by Crippen LogP contribution is 2.40. The van der Waals surface area contributed by atoms with Gasteiger partial charge in [0.15, 0.2) is 0 Å². The number of halogens is 6. The zero-order valence-electron chi connectivity index (χ0n) is 45.8. The Morgan fingerprint density at radius 1 is 0.506 bits per heavy atom. The van der Waals surface area contributed by atoms with Crippen molar-refractivity contribution in [3.05, 3.63) is 137 Å². The highest BCUT2D eigenvalue weighted by molar-refractivity contribution is 5.93.